The van der Waals surface area contributed by atoms with Crippen LogP contribution in [0, 0.1) is 0 Å². The van der Waals surface area contributed by atoms with Crippen LogP contribution in [-0.2, 0) is 0 Å². The van der Waals surface area contributed by atoms with Gasteiger partial charge < -0.3 is 13.9 Å². The van der Waals surface area contributed by atoms with Crippen LogP contribution in [0.25, 0.3) is 93.2 Å². The van der Waals surface area contributed by atoms with Crippen LogP contribution in [0.3, 0.4) is 0 Å². The molecular formula is C56H36N2O. The third-order valence-electron chi connectivity index (χ3n) is 11.9. The van der Waals surface area contributed by atoms with Gasteiger partial charge in [-0.25, -0.2) is 0 Å². The molecule has 276 valence electrons. The third-order valence-corrected chi connectivity index (χ3v) is 11.9. The van der Waals surface area contributed by atoms with Gasteiger partial charge in [0.05, 0.1) is 22.1 Å². The fourth-order valence-corrected chi connectivity index (χ4v) is 9.24. The fourth-order valence-electron chi connectivity index (χ4n) is 9.24. The topological polar surface area (TPSA) is 21.3 Å². The number of benzene rings is 10. The van der Waals surface area contributed by atoms with Gasteiger partial charge in [-0.05, 0) is 99.1 Å². The summed E-state index contributed by atoms with van der Waals surface area (Å²) >= 11 is 0. The zero-order valence-corrected chi connectivity index (χ0v) is 32.1. The summed E-state index contributed by atoms with van der Waals surface area (Å²) in [7, 11) is 0. The van der Waals surface area contributed by atoms with E-state index >= 15 is 0 Å². The molecule has 0 fully saturated rings. The van der Waals surface area contributed by atoms with E-state index in [0.29, 0.717) is 0 Å². The molecule has 0 amide bonds. The number of aromatic nitrogens is 1. The van der Waals surface area contributed by atoms with Crippen LogP contribution in [0.5, 0.6) is 0 Å². The van der Waals surface area contributed by atoms with E-state index in [0.717, 1.165) is 61.0 Å². The minimum Gasteiger partial charge on any atom is -0.455 e. The molecule has 12 aromatic rings. The molecule has 12 rings (SSSR count). The van der Waals surface area contributed by atoms with Gasteiger partial charge in [-0.1, -0.05) is 158 Å². The summed E-state index contributed by atoms with van der Waals surface area (Å²) in [5, 5.41) is 9.37. The second-order valence-electron chi connectivity index (χ2n) is 15.3. The lowest BCUT2D eigenvalue weighted by Crippen LogP contribution is -2.11. The van der Waals surface area contributed by atoms with Crippen molar-refractivity contribution in [3.05, 3.63) is 218 Å². The Hall–Kier alpha value is -7.88. The monoisotopic (exact) mass is 752 g/mol. The second-order valence-corrected chi connectivity index (χ2v) is 15.3. The molecule has 0 aliphatic heterocycles. The lowest BCUT2D eigenvalue weighted by Gasteiger charge is -2.27. The van der Waals surface area contributed by atoms with Crippen LogP contribution >= 0.6 is 0 Å². The smallest absolute Gasteiger partial charge is 0.145 e. The van der Waals surface area contributed by atoms with Gasteiger partial charge in [0.25, 0.3) is 0 Å². The van der Waals surface area contributed by atoms with E-state index in [2.05, 4.69) is 222 Å². The number of para-hydroxylation sites is 3. The summed E-state index contributed by atoms with van der Waals surface area (Å²) in [5.74, 6) is 0. The third kappa shape index (κ3) is 5.36. The average molecular weight is 753 g/mol. The Bertz CT molecular complexity index is 3500. The number of anilines is 3. The van der Waals surface area contributed by atoms with E-state index < -0.39 is 0 Å². The van der Waals surface area contributed by atoms with Crippen LogP contribution in [-0.4, -0.2) is 4.57 Å². The SMILES string of the molecule is c1ccc(-c2cccc3ccc(-c4ccc(N(c5cccc(-n6c7ccccc7c7ccccc76)c5)c5cc6ccccc6c6oc7ccccc7c56)cc4)cc23)cc1. The highest BCUT2D eigenvalue weighted by Gasteiger charge is 2.23. The molecule has 0 N–H and O–H groups in total. The number of nitrogens with zero attached hydrogens (tertiary/aromatic N) is 2. The Balaban J connectivity index is 1.07. The molecule has 0 spiro atoms. The Morgan fingerprint density at radius 1 is 0.373 bits per heavy atom. The molecule has 0 saturated heterocycles. The van der Waals surface area contributed by atoms with Crippen LogP contribution in [0.2, 0.25) is 0 Å². The van der Waals surface area contributed by atoms with Gasteiger partial charge in [0, 0.05) is 38.6 Å². The van der Waals surface area contributed by atoms with Gasteiger partial charge in [0.15, 0.2) is 0 Å². The first-order valence-corrected chi connectivity index (χ1v) is 20.2. The van der Waals surface area contributed by atoms with Crippen LogP contribution in [0.4, 0.5) is 17.1 Å². The maximum absolute atomic E-state index is 6.73. The van der Waals surface area contributed by atoms with Crippen LogP contribution in [0.15, 0.2) is 223 Å². The first-order valence-electron chi connectivity index (χ1n) is 20.2. The van der Waals surface area contributed by atoms with Gasteiger partial charge in [-0.3, -0.25) is 0 Å². The summed E-state index contributed by atoms with van der Waals surface area (Å²) in [5.41, 5.74) is 13.2. The Morgan fingerprint density at radius 3 is 1.81 bits per heavy atom. The highest BCUT2D eigenvalue weighted by Crippen LogP contribution is 2.47. The Kier molecular flexibility index (Phi) is 7.54. The summed E-state index contributed by atoms with van der Waals surface area (Å²) in [6, 6.07) is 78.7. The number of furan rings is 1. The minimum absolute atomic E-state index is 0.876. The normalized spacial score (nSPS) is 11.7. The molecular weight excluding hydrogens is 717 g/mol. The van der Waals surface area contributed by atoms with Crippen molar-refractivity contribution in [2.24, 2.45) is 0 Å². The first-order chi connectivity index (χ1) is 29.3. The minimum atomic E-state index is 0.876. The summed E-state index contributed by atoms with van der Waals surface area (Å²) in [6.45, 7) is 0. The lowest BCUT2D eigenvalue weighted by atomic mass is 9.95. The van der Waals surface area contributed by atoms with Gasteiger partial charge in [0.2, 0.25) is 0 Å². The number of hydrogen-bond donors (Lipinski definition) is 0. The molecule has 0 aliphatic rings. The first kappa shape index (κ1) is 33.3. The van der Waals surface area contributed by atoms with Crippen molar-refractivity contribution in [3.8, 4) is 27.9 Å². The molecule has 10 aromatic carbocycles. The second kappa shape index (κ2) is 13.4. The maximum atomic E-state index is 6.73. The van der Waals surface area contributed by atoms with E-state index in [1.165, 1.54) is 49.3 Å². The average Bonchev–Trinajstić information content (AvgIpc) is 3.86. The zero-order valence-electron chi connectivity index (χ0n) is 32.1. The van der Waals surface area contributed by atoms with Crippen molar-refractivity contribution >= 4 is 82.4 Å². The Morgan fingerprint density at radius 2 is 1.02 bits per heavy atom. The fraction of sp³-hybridized carbons (Fsp3) is 0. The van der Waals surface area contributed by atoms with E-state index in [1.54, 1.807) is 0 Å². The predicted molar refractivity (Wildman–Crippen MR) is 249 cm³/mol. The van der Waals surface area contributed by atoms with Gasteiger partial charge in [-0.2, -0.15) is 0 Å². The lowest BCUT2D eigenvalue weighted by molar-refractivity contribution is 0.672. The summed E-state index contributed by atoms with van der Waals surface area (Å²) in [6.07, 6.45) is 0. The maximum Gasteiger partial charge on any atom is 0.145 e. The van der Waals surface area contributed by atoms with Gasteiger partial charge in [0.1, 0.15) is 11.2 Å². The van der Waals surface area contributed by atoms with Gasteiger partial charge >= 0.3 is 0 Å². The number of rotatable bonds is 6. The van der Waals surface area contributed by atoms with Crippen molar-refractivity contribution in [1.82, 2.24) is 4.57 Å². The van der Waals surface area contributed by atoms with Crippen molar-refractivity contribution in [2.75, 3.05) is 4.90 Å². The molecule has 0 radical (unpaired) electrons. The quantitative estimate of drug-likeness (QED) is 0.169. The molecule has 2 aromatic heterocycles. The molecule has 2 heterocycles. The summed E-state index contributed by atoms with van der Waals surface area (Å²) < 4.78 is 9.12. The van der Waals surface area contributed by atoms with Crippen molar-refractivity contribution in [2.45, 2.75) is 0 Å². The number of hydrogen-bond acceptors (Lipinski definition) is 2. The zero-order chi connectivity index (χ0) is 38.9. The highest BCUT2D eigenvalue weighted by atomic mass is 16.3. The van der Waals surface area contributed by atoms with Crippen LogP contribution in [0.1, 0.15) is 0 Å². The van der Waals surface area contributed by atoms with Crippen molar-refractivity contribution in [3.63, 3.8) is 0 Å². The standard InChI is InChI=1S/C56H36N2O/c1-2-14-38(15-3-1)45-24-12-17-39-28-29-40(34-50(39)45)37-30-32-42(33-31-37)57(53-35-41-16-4-5-20-46(41)56-55(53)49-23-8-11-27-54(49)59-56)43-18-13-19-44(36-43)58-51-25-9-6-21-47(51)48-22-7-10-26-52(48)58/h1-36H. The molecule has 3 nitrogen and oxygen atoms in total. The van der Waals surface area contributed by atoms with Crippen molar-refractivity contribution < 1.29 is 4.42 Å². The molecule has 3 heteroatoms. The summed E-state index contributed by atoms with van der Waals surface area (Å²) in [4.78, 5) is 2.41. The largest absolute Gasteiger partial charge is 0.455 e. The number of fused-ring (bicyclic) bond motifs is 9. The molecule has 59 heavy (non-hydrogen) atoms. The van der Waals surface area contributed by atoms with E-state index in [1.807, 2.05) is 6.07 Å². The van der Waals surface area contributed by atoms with E-state index in [-0.39, 0.29) is 0 Å². The molecule has 0 saturated carbocycles. The van der Waals surface area contributed by atoms with Crippen LogP contribution < -0.4 is 4.90 Å². The van der Waals surface area contributed by atoms with Gasteiger partial charge in [-0.15, -0.1) is 0 Å². The predicted octanol–water partition coefficient (Wildman–Crippen LogP) is 15.8. The molecule has 0 atom stereocenters. The molecule has 0 bridgehead atoms. The Labute approximate surface area is 341 Å². The van der Waals surface area contributed by atoms with E-state index in [9.17, 15) is 0 Å². The van der Waals surface area contributed by atoms with Crippen molar-refractivity contribution in [1.29, 1.82) is 0 Å². The highest BCUT2D eigenvalue weighted by molar-refractivity contribution is 6.22. The molecule has 0 unspecified atom stereocenters. The molecule has 0 aliphatic carbocycles. The van der Waals surface area contributed by atoms with E-state index in [4.69, 9.17) is 4.42 Å².